The normalized spacial score (nSPS) is 10.6. The van der Waals surface area contributed by atoms with Crippen molar-refractivity contribution in [3.8, 4) is 5.75 Å². The Morgan fingerprint density at radius 2 is 1.75 bits per heavy atom. The van der Waals surface area contributed by atoms with E-state index in [4.69, 9.17) is 4.74 Å². The molecule has 0 aliphatic carbocycles. The molecule has 0 aliphatic heterocycles. The molecule has 0 atom stereocenters. The summed E-state index contributed by atoms with van der Waals surface area (Å²) in [4.78, 5) is 23.4. The molecular formula is C19H18BrNO3. The number of carbonyl (C=O) groups is 2. The van der Waals surface area contributed by atoms with Crippen molar-refractivity contribution in [2.75, 3.05) is 13.2 Å². The van der Waals surface area contributed by atoms with E-state index < -0.39 is 0 Å². The average Bonchev–Trinajstić information content (AvgIpc) is 2.59. The quantitative estimate of drug-likeness (QED) is 0.579. The van der Waals surface area contributed by atoms with Crippen LogP contribution in [0.3, 0.4) is 0 Å². The zero-order valence-corrected chi connectivity index (χ0v) is 14.9. The number of nitrogens with one attached hydrogen (secondary N) is 1. The van der Waals surface area contributed by atoms with E-state index in [1.165, 1.54) is 6.08 Å². The molecule has 0 spiro atoms. The molecular weight excluding hydrogens is 370 g/mol. The molecule has 0 aromatic heterocycles. The minimum atomic E-state index is -0.151. The topological polar surface area (TPSA) is 55.4 Å². The maximum atomic E-state index is 12.1. The summed E-state index contributed by atoms with van der Waals surface area (Å²) in [7, 11) is 0. The molecule has 2 rings (SSSR count). The van der Waals surface area contributed by atoms with Crippen LogP contribution in [-0.4, -0.2) is 24.8 Å². The Morgan fingerprint density at radius 1 is 1.08 bits per heavy atom. The lowest BCUT2D eigenvalue weighted by Gasteiger charge is -2.06. The second kappa shape index (κ2) is 9.03. The zero-order valence-electron chi connectivity index (χ0n) is 13.3. The first-order valence-electron chi connectivity index (χ1n) is 7.56. The van der Waals surface area contributed by atoms with Crippen LogP contribution in [0.5, 0.6) is 5.75 Å². The van der Waals surface area contributed by atoms with Crippen LogP contribution < -0.4 is 10.1 Å². The predicted molar refractivity (Wildman–Crippen MR) is 98.1 cm³/mol. The molecule has 1 amide bonds. The molecule has 0 unspecified atom stereocenters. The number of allylic oxidation sites excluding steroid dienone is 1. The third-order valence-corrected chi connectivity index (χ3v) is 3.71. The average molecular weight is 388 g/mol. The third kappa shape index (κ3) is 5.66. The van der Waals surface area contributed by atoms with Crippen molar-refractivity contribution in [1.29, 1.82) is 0 Å². The van der Waals surface area contributed by atoms with Gasteiger partial charge in [-0.1, -0.05) is 34.1 Å². The Bertz CT molecular complexity index is 721. The van der Waals surface area contributed by atoms with Gasteiger partial charge in [0.25, 0.3) is 5.91 Å². The highest BCUT2D eigenvalue weighted by atomic mass is 79.9. The lowest BCUT2D eigenvalue weighted by molar-refractivity contribution is -0.122. The number of ketones is 1. The molecule has 2 aromatic rings. The van der Waals surface area contributed by atoms with Gasteiger partial charge in [0.1, 0.15) is 5.75 Å². The van der Waals surface area contributed by atoms with Gasteiger partial charge in [0, 0.05) is 16.6 Å². The van der Waals surface area contributed by atoms with Crippen molar-refractivity contribution in [3.63, 3.8) is 0 Å². The van der Waals surface area contributed by atoms with Gasteiger partial charge in [0.2, 0.25) is 0 Å². The van der Waals surface area contributed by atoms with Gasteiger partial charge in [-0.3, -0.25) is 9.59 Å². The minimum absolute atomic E-state index is 0.00885. The van der Waals surface area contributed by atoms with E-state index in [1.807, 2.05) is 31.2 Å². The van der Waals surface area contributed by atoms with E-state index >= 15 is 0 Å². The fourth-order valence-electron chi connectivity index (χ4n) is 1.95. The Hall–Kier alpha value is -2.40. The van der Waals surface area contributed by atoms with Crippen LogP contribution in [0.2, 0.25) is 0 Å². The van der Waals surface area contributed by atoms with Gasteiger partial charge in [0.05, 0.1) is 0 Å². The molecule has 124 valence electrons. The summed E-state index contributed by atoms with van der Waals surface area (Å²) < 4.78 is 6.31. The van der Waals surface area contributed by atoms with Crippen molar-refractivity contribution < 1.29 is 14.3 Å². The number of benzene rings is 2. The highest BCUT2D eigenvalue weighted by Gasteiger charge is 2.02. The maximum absolute atomic E-state index is 12.1. The van der Waals surface area contributed by atoms with Crippen molar-refractivity contribution in [2.24, 2.45) is 0 Å². The monoisotopic (exact) mass is 387 g/mol. The first-order valence-corrected chi connectivity index (χ1v) is 8.35. The van der Waals surface area contributed by atoms with E-state index in [2.05, 4.69) is 21.2 Å². The number of likely N-dealkylation sites (N-methyl/N-ethyl adjacent to an activating group) is 1. The SMILES string of the molecule is CCNC(=O)COc1ccc(/C=C/C(=O)c2ccc(Br)cc2)cc1. The van der Waals surface area contributed by atoms with Crippen LogP contribution in [0.25, 0.3) is 6.08 Å². The Balaban J connectivity index is 1.92. The zero-order chi connectivity index (χ0) is 17.4. The molecule has 24 heavy (non-hydrogen) atoms. The highest BCUT2D eigenvalue weighted by Crippen LogP contribution is 2.15. The van der Waals surface area contributed by atoms with Gasteiger partial charge in [-0.2, -0.15) is 0 Å². The molecule has 0 saturated heterocycles. The predicted octanol–water partition coefficient (Wildman–Crippen LogP) is 3.86. The van der Waals surface area contributed by atoms with Gasteiger partial charge < -0.3 is 10.1 Å². The van der Waals surface area contributed by atoms with Crippen LogP contribution in [0, 0.1) is 0 Å². The summed E-state index contributed by atoms with van der Waals surface area (Å²) in [6, 6.07) is 14.4. The highest BCUT2D eigenvalue weighted by molar-refractivity contribution is 9.10. The van der Waals surface area contributed by atoms with E-state index in [-0.39, 0.29) is 18.3 Å². The number of carbonyl (C=O) groups excluding carboxylic acids is 2. The van der Waals surface area contributed by atoms with Gasteiger partial charge in [-0.15, -0.1) is 0 Å². The molecule has 0 heterocycles. The summed E-state index contributed by atoms with van der Waals surface area (Å²) >= 11 is 3.34. The van der Waals surface area contributed by atoms with Crippen molar-refractivity contribution in [2.45, 2.75) is 6.92 Å². The molecule has 1 N–H and O–H groups in total. The summed E-state index contributed by atoms with van der Waals surface area (Å²) in [6.45, 7) is 2.43. The number of halogens is 1. The van der Waals surface area contributed by atoms with Crippen LogP contribution >= 0.6 is 15.9 Å². The molecule has 2 aromatic carbocycles. The first-order chi connectivity index (χ1) is 11.6. The summed E-state index contributed by atoms with van der Waals surface area (Å²) in [6.07, 6.45) is 3.28. The Labute approximate surface area is 149 Å². The molecule has 4 nitrogen and oxygen atoms in total. The second-order valence-corrected chi connectivity index (χ2v) is 5.93. The Kier molecular flexibility index (Phi) is 6.75. The van der Waals surface area contributed by atoms with Gasteiger partial charge >= 0.3 is 0 Å². The number of hydrogen-bond donors (Lipinski definition) is 1. The fourth-order valence-corrected chi connectivity index (χ4v) is 2.22. The standard InChI is InChI=1S/C19H18BrNO3/c1-2-21-19(23)13-24-17-10-3-14(4-11-17)5-12-18(22)15-6-8-16(20)9-7-15/h3-12H,2,13H2,1H3,(H,21,23)/b12-5+. The maximum Gasteiger partial charge on any atom is 0.257 e. The Morgan fingerprint density at radius 3 is 2.38 bits per heavy atom. The molecule has 0 saturated carbocycles. The smallest absolute Gasteiger partial charge is 0.257 e. The number of ether oxygens (including phenoxy) is 1. The summed E-state index contributed by atoms with van der Waals surface area (Å²) in [5, 5.41) is 2.66. The van der Waals surface area contributed by atoms with Gasteiger partial charge in [-0.25, -0.2) is 0 Å². The van der Waals surface area contributed by atoms with E-state index in [0.29, 0.717) is 17.9 Å². The van der Waals surface area contributed by atoms with Crippen LogP contribution in [-0.2, 0) is 4.79 Å². The minimum Gasteiger partial charge on any atom is -0.484 e. The van der Waals surface area contributed by atoms with E-state index in [0.717, 1.165) is 10.0 Å². The fraction of sp³-hybridized carbons (Fsp3) is 0.158. The van der Waals surface area contributed by atoms with Crippen LogP contribution in [0.15, 0.2) is 59.1 Å². The second-order valence-electron chi connectivity index (χ2n) is 5.02. The molecule has 0 bridgehead atoms. The molecule has 0 radical (unpaired) electrons. The van der Waals surface area contributed by atoms with Gasteiger partial charge in [-0.05, 0) is 55.0 Å². The lowest BCUT2D eigenvalue weighted by atomic mass is 10.1. The van der Waals surface area contributed by atoms with Crippen molar-refractivity contribution in [1.82, 2.24) is 5.32 Å². The lowest BCUT2D eigenvalue weighted by Crippen LogP contribution is -2.28. The van der Waals surface area contributed by atoms with Crippen molar-refractivity contribution >= 4 is 33.7 Å². The van der Waals surface area contributed by atoms with Crippen LogP contribution in [0.4, 0.5) is 0 Å². The first kappa shape index (κ1) is 17.9. The van der Waals surface area contributed by atoms with E-state index in [9.17, 15) is 9.59 Å². The van der Waals surface area contributed by atoms with Crippen molar-refractivity contribution in [3.05, 3.63) is 70.2 Å². The van der Waals surface area contributed by atoms with Gasteiger partial charge in [0.15, 0.2) is 12.4 Å². The number of rotatable bonds is 7. The van der Waals surface area contributed by atoms with E-state index in [1.54, 1.807) is 30.3 Å². The molecule has 5 heteroatoms. The number of hydrogen-bond acceptors (Lipinski definition) is 3. The number of amides is 1. The summed E-state index contributed by atoms with van der Waals surface area (Å²) in [5.74, 6) is 0.401. The molecule has 0 fully saturated rings. The summed E-state index contributed by atoms with van der Waals surface area (Å²) in [5.41, 5.74) is 1.52. The largest absolute Gasteiger partial charge is 0.484 e. The molecule has 0 aliphatic rings. The van der Waals surface area contributed by atoms with Crippen LogP contribution in [0.1, 0.15) is 22.8 Å². The third-order valence-electron chi connectivity index (χ3n) is 3.18.